The maximum atomic E-state index is 13.7. The van der Waals surface area contributed by atoms with E-state index in [0.29, 0.717) is 0 Å². The van der Waals surface area contributed by atoms with E-state index in [1.807, 2.05) is 6.07 Å². The van der Waals surface area contributed by atoms with Crippen molar-refractivity contribution >= 4 is 11.6 Å². The van der Waals surface area contributed by atoms with Gasteiger partial charge in [0.1, 0.15) is 5.82 Å². The fourth-order valence-electron chi connectivity index (χ4n) is 2.84. The Morgan fingerprint density at radius 1 is 1.43 bits per heavy atom. The van der Waals surface area contributed by atoms with Crippen LogP contribution in [0.5, 0.6) is 0 Å². The van der Waals surface area contributed by atoms with Crippen LogP contribution in [0.25, 0.3) is 0 Å². The highest BCUT2D eigenvalue weighted by molar-refractivity contribution is 6.30. The molecule has 118 valence electrons. The number of benzene rings is 1. The smallest absolute Gasteiger partial charge is 0.142 e. The summed E-state index contributed by atoms with van der Waals surface area (Å²) in [5.74, 6) is -0.348. The first kappa shape index (κ1) is 16.7. The molecule has 0 bridgehead atoms. The van der Waals surface area contributed by atoms with Gasteiger partial charge in [0, 0.05) is 24.1 Å². The first-order valence-electron chi connectivity index (χ1n) is 7.52. The van der Waals surface area contributed by atoms with Gasteiger partial charge in [-0.2, -0.15) is 0 Å². The maximum Gasteiger partial charge on any atom is 0.142 e. The Bertz CT molecular complexity index is 500. The Labute approximate surface area is 132 Å². The summed E-state index contributed by atoms with van der Waals surface area (Å²) < 4.78 is 19.5. The summed E-state index contributed by atoms with van der Waals surface area (Å²) in [6.07, 6.45) is 1.94. The molecule has 2 rings (SSSR count). The molecule has 0 amide bonds. The Hall–Kier alpha value is -0.640. The number of ether oxygens (including phenoxy) is 1. The minimum absolute atomic E-state index is 0.00749. The molecular weight excluding hydrogens is 289 g/mol. The second-order valence-electron chi connectivity index (χ2n) is 7.15. The SMILES string of the molecule is CC1OCCC1(CNC(C)(C)C)Cc1ccc(Cl)c(F)c1. The molecule has 0 spiro atoms. The third kappa shape index (κ3) is 4.18. The summed E-state index contributed by atoms with van der Waals surface area (Å²) in [6.45, 7) is 10.2. The standard InChI is InChI=1S/C17H25ClFNO/c1-12-17(7-8-21-12,11-20-16(2,3)4)10-13-5-6-14(18)15(19)9-13/h5-6,9,12,20H,7-8,10-11H2,1-4H3. The quantitative estimate of drug-likeness (QED) is 0.899. The van der Waals surface area contributed by atoms with Gasteiger partial charge >= 0.3 is 0 Å². The topological polar surface area (TPSA) is 21.3 Å². The van der Waals surface area contributed by atoms with Gasteiger partial charge in [0.2, 0.25) is 0 Å². The average molecular weight is 314 g/mol. The van der Waals surface area contributed by atoms with Crippen molar-refractivity contribution in [3.8, 4) is 0 Å². The number of hydrogen-bond donors (Lipinski definition) is 1. The fraction of sp³-hybridized carbons (Fsp3) is 0.647. The zero-order valence-corrected chi connectivity index (χ0v) is 14.1. The number of nitrogens with one attached hydrogen (secondary N) is 1. The molecule has 0 aliphatic carbocycles. The lowest BCUT2D eigenvalue weighted by molar-refractivity contribution is 0.0597. The van der Waals surface area contributed by atoms with Crippen LogP contribution in [0, 0.1) is 11.2 Å². The van der Waals surface area contributed by atoms with E-state index in [9.17, 15) is 4.39 Å². The van der Waals surface area contributed by atoms with E-state index >= 15 is 0 Å². The van der Waals surface area contributed by atoms with Crippen molar-refractivity contribution < 1.29 is 9.13 Å². The summed E-state index contributed by atoms with van der Waals surface area (Å²) in [6, 6.07) is 5.10. The number of halogens is 2. The molecule has 0 aromatic heterocycles. The first-order chi connectivity index (χ1) is 9.72. The van der Waals surface area contributed by atoms with Gasteiger partial charge in [-0.25, -0.2) is 4.39 Å². The highest BCUT2D eigenvalue weighted by Gasteiger charge is 2.42. The van der Waals surface area contributed by atoms with Crippen LogP contribution in [0.2, 0.25) is 5.02 Å². The molecule has 0 saturated carbocycles. The Balaban J connectivity index is 2.18. The summed E-state index contributed by atoms with van der Waals surface area (Å²) in [7, 11) is 0. The van der Waals surface area contributed by atoms with Crippen LogP contribution in [-0.4, -0.2) is 24.8 Å². The van der Waals surface area contributed by atoms with Gasteiger partial charge in [-0.1, -0.05) is 17.7 Å². The van der Waals surface area contributed by atoms with Gasteiger partial charge in [0.05, 0.1) is 11.1 Å². The van der Waals surface area contributed by atoms with Crippen LogP contribution in [-0.2, 0) is 11.2 Å². The van der Waals surface area contributed by atoms with Gasteiger partial charge in [-0.15, -0.1) is 0 Å². The molecule has 1 saturated heterocycles. The summed E-state index contributed by atoms with van der Waals surface area (Å²) in [4.78, 5) is 0. The zero-order valence-electron chi connectivity index (χ0n) is 13.3. The normalized spacial score (nSPS) is 26.3. The van der Waals surface area contributed by atoms with Gasteiger partial charge in [-0.3, -0.25) is 0 Å². The van der Waals surface area contributed by atoms with E-state index < -0.39 is 0 Å². The largest absolute Gasteiger partial charge is 0.378 e. The molecule has 21 heavy (non-hydrogen) atoms. The molecule has 1 N–H and O–H groups in total. The van der Waals surface area contributed by atoms with Crippen molar-refractivity contribution in [1.29, 1.82) is 0 Å². The van der Waals surface area contributed by atoms with E-state index in [1.54, 1.807) is 12.1 Å². The Morgan fingerprint density at radius 3 is 2.67 bits per heavy atom. The molecular formula is C17H25ClFNO. The zero-order chi connectivity index (χ0) is 15.7. The van der Waals surface area contributed by atoms with E-state index in [0.717, 1.165) is 31.6 Å². The monoisotopic (exact) mass is 313 g/mol. The Morgan fingerprint density at radius 2 is 2.14 bits per heavy atom. The summed E-state index contributed by atoms with van der Waals surface area (Å²) in [5.41, 5.74) is 1.04. The molecule has 2 nitrogen and oxygen atoms in total. The maximum absolute atomic E-state index is 13.7. The van der Waals surface area contributed by atoms with Crippen LogP contribution in [0.1, 0.15) is 39.7 Å². The third-order valence-corrected chi connectivity index (χ3v) is 4.65. The van der Waals surface area contributed by atoms with E-state index in [1.165, 1.54) is 0 Å². The van der Waals surface area contributed by atoms with Gasteiger partial charge in [0.15, 0.2) is 0 Å². The molecule has 0 radical (unpaired) electrons. The highest BCUT2D eigenvalue weighted by atomic mass is 35.5. The third-order valence-electron chi connectivity index (χ3n) is 4.34. The molecule has 1 aliphatic rings. The minimum Gasteiger partial charge on any atom is -0.378 e. The molecule has 1 aromatic rings. The molecule has 1 heterocycles. The molecule has 4 heteroatoms. The second kappa shape index (κ2) is 6.23. The van der Waals surface area contributed by atoms with E-state index in [2.05, 4.69) is 33.0 Å². The lowest BCUT2D eigenvalue weighted by Gasteiger charge is -2.36. The fourth-order valence-corrected chi connectivity index (χ4v) is 2.96. The highest BCUT2D eigenvalue weighted by Crippen LogP contribution is 2.38. The second-order valence-corrected chi connectivity index (χ2v) is 7.56. The molecule has 1 aromatic carbocycles. The van der Waals surface area contributed by atoms with E-state index in [4.69, 9.17) is 16.3 Å². The first-order valence-corrected chi connectivity index (χ1v) is 7.90. The predicted octanol–water partition coefficient (Wildman–Crippen LogP) is 4.20. The van der Waals surface area contributed by atoms with Crippen LogP contribution in [0.4, 0.5) is 4.39 Å². The van der Waals surface area contributed by atoms with Gasteiger partial charge in [0.25, 0.3) is 0 Å². The van der Waals surface area contributed by atoms with Crippen molar-refractivity contribution in [2.24, 2.45) is 5.41 Å². The minimum atomic E-state index is -0.348. The van der Waals surface area contributed by atoms with Crippen molar-refractivity contribution in [2.75, 3.05) is 13.2 Å². The molecule has 2 unspecified atom stereocenters. The van der Waals surface area contributed by atoms with Crippen molar-refractivity contribution in [1.82, 2.24) is 5.32 Å². The van der Waals surface area contributed by atoms with Gasteiger partial charge < -0.3 is 10.1 Å². The number of hydrogen-bond acceptors (Lipinski definition) is 2. The number of rotatable bonds is 4. The van der Waals surface area contributed by atoms with Crippen molar-refractivity contribution in [3.05, 3.63) is 34.6 Å². The lowest BCUT2D eigenvalue weighted by Crippen LogP contribution is -2.47. The lowest BCUT2D eigenvalue weighted by atomic mass is 9.75. The van der Waals surface area contributed by atoms with Crippen LogP contribution >= 0.6 is 11.6 Å². The van der Waals surface area contributed by atoms with Crippen LogP contribution < -0.4 is 5.32 Å². The molecule has 1 fully saturated rings. The van der Waals surface area contributed by atoms with Gasteiger partial charge in [-0.05, 0) is 58.2 Å². The Kier molecular flexibility index (Phi) is 4.96. The van der Waals surface area contributed by atoms with Crippen molar-refractivity contribution in [2.45, 2.75) is 52.2 Å². The molecule has 2 atom stereocenters. The van der Waals surface area contributed by atoms with Crippen LogP contribution in [0.15, 0.2) is 18.2 Å². The summed E-state index contributed by atoms with van der Waals surface area (Å²) >= 11 is 5.77. The van der Waals surface area contributed by atoms with Crippen LogP contribution in [0.3, 0.4) is 0 Å². The predicted molar refractivity (Wildman–Crippen MR) is 85.3 cm³/mol. The molecule has 1 aliphatic heterocycles. The van der Waals surface area contributed by atoms with Crippen molar-refractivity contribution in [3.63, 3.8) is 0 Å². The van der Waals surface area contributed by atoms with E-state index in [-0.39, 0.29) is 27.9 Å². The summed E-state index contributed by atoms with van der Waals surface area (Å²) in [5, 5.41) is 3.76. The average Bonchev–Trinajstić information content (AvgIpc) is 2.73.